The quantitative estimate of drug-likeness (QED) is 0.466. The summed E-state index contributed by atoms with van der Waals surface area (Å²) in [6.45, 7) is 5.54. The van der Waals surface area contributed by atoms with Gasteiger partial charge in [0.15, 0.2) is 0 Å². The first-order valence-electron chi connectivity index (χ1n) is 8.51. The lowest BCUT2D eigenvalue weighted by Gasteiger charge is -2.11. The first kappa shape index (κ1) is 17.7. The van der Waals surface area contributed by atoms with Gasteiger partial charge in [0.2, 0.25) is 0 Å². The van der Waals surface area contributed by atoms with Crippen LogP contribution in [0.4, 0.5) is 0 Å². The van der Waals surface area contributed by atoms with E-state index in [9.17, 15) is 0 Å². The molecule has 0 N–H and O–H groups in total. The predicted molar refractivity (Wildman–Crippen MR) is 106 cm³/mol. The molecule has 3 nitrogen and oxygen atoms in total. The van der Waals surface area contributed by atoms with Gasteiger partial charge >= 0.3 is 0 Å². The van der Waals surface area contributed by atoms with Crippen molar-refractivity contribution < 1.29 is 9.47 Å². The lowest BCUT2D eigenvalue weighted by Crippen LogP contribution is -2.03. The highest BCUT2D eigenvalue weighted by Gasteiger charge is 2.05. The molecule has 0 aliphatic carbocycles. The smallest absolute Gasteiger partial charge is 0.145 e. The van der Waals surface area contributed by atoms with Crippen LogP contribution in [-0.2, 0) is 0 Å². The summed E-state index contributed by atoms with van der Waals surface area (Å²) < 4.78 is 12.8. The minimum Gasteiger partial charge on any atom is -0.492 e. The van der Waals surface area contributed by atoms with Crippen LogP contribution < -0.4 is 9.47 Å². The van der Waals surface area contributed by atoms with Crippen LogP contribution in [0.3, 0.4) is 0 Å². The number of halogens is 1. The van der Waals surface area contributed by atoms with E-state index in [1.807, 2.05) is 30.3 Å². The average molecular weight is 400 g/mol. The number of aryl methyl sites for hydroxylation is 2. The molecular weight excluding hydrogens is 378 g/mol. The minimum absolute atomic E-state index is 0.660. The molecule has 1 heterocycles. The van der Waals surface area contributed by atoms with Crippen LogP contribution >= 0.6 is 15.9 Å². The number of hydrogen-bond donors (Lipinski definition) is 0. The second kappa shape index (κ2) is 8.34. The number of ether oxygens (including phenoxy) is 2. The van der Waals surface area contributed by atoms with Gasteiger partial charge in [-0.25, -0.2) is 0 Å². The van der Waals surface area contributed by atoms with Gasteiger partial charge in [0.25, 0.3) is 0 Å². The van der Waals surface area contributed by atoms with Crippen LogP contribution in [0.15, 0.2) is 53.1 Å². The summed E-state index contributed by atoms with van der Waals surface area (Å²) in [4.78, 5) is 4.41. The van der Waals surface area contributed by atoms with E-state index in [4.69, 9.17) is 9.47 Å². The molecule has 3 aromatic rings. The summed E-state index contributed by atoms with van der Waals surface area (Å²) in [5, 5.41) is 1.10. The van der Waals surface area contributed by atoms with Crippen molar-refractivity contribution in [2.24, 2.45) is 0 Å². The number of nitrogens with zero attached hydrogens (tertiary/aromatic N) is 1. The summed E-state index contributed by atoms with van der Waals surface area (Å²) in [5.74, 6) is 1.75. The first-order valence-corrected chi connectivity index (χ1v) is 9.30. The van der Waals surface area contributed by atoms with Crippen molar-refractivity contribution >= 4 is 26.8 Å². The summed E-state index contributed by atoms with van der Waals surface area (Å²) in [7, 11) is 0. The van der Waals surface area contributed by atoms with Gasteiger partial charge < -0.3 is 9.47 Å². The highest BCUT2D eigenvalue weighted by atomic mass is 79.9. The number of aromatic nitrogens is 1. The van der Waals surface area contributed by atoms with Crippen molar-refractivity contribution in [2.45, 2.75) is 26.7 Å². The van der Waals surface area contributed by atoms with E-state index in [-0.39, 0.29) is 0 Å². The maximum atomic E-state index is 5.90. The van der Waals surface area contributed by atoms with Gasteiger partial charge in [-0.3, -0.25) is 4.98 Å². The number of benzene rings is 2. The van der Waals surface area contributed by atoms with Gasteiger partial charge in [0.05, 0.1) is 17.7 Å². The number of unbranched alkanes of at least 4 members (excludes halogenated alkanes) is 1. The zero-order valence-electron chi connectivity index (χ0n) is 14.6. The standard InChI is InChI=1S/C21H22BrNO2/c1-15-13-18(22)20(14-16(15)2)25-12-4-3-11-24-19-9-5-7-17-8-6-10-23-21(17)19/h5-10,13-14H,3-4,11-12H2,1-2H3. The number of pyridine rings is 1. The molecule has 0 fully saturated rings. The minimum atomic E-state index is 0.660. The SMILES string of the molecule is Cc1cc(Br)c(OCCCCOc2cccc3cccnc23)cc1C. The van der Waals surface area contributed by atoms with Crippen LogP contribution in [0.25, 0.3) is 10.9 Å². The fourth-order valence-corrected chi connectivity index (χ4v) is 3.20. The molecule has 3 rings (SSSR count). The molecule has 0 unspecified atom stereocenters. The van der Waals surface area contributed by atoms with Crippen molar-refractivity contribution in [1.29, 1.82) is 0 Å². The second-order valence-corrected chi connectivity index (χ2v) is 6.96. The molecule has 0 amide bonds. The van der Waals surface area contributed by atoms with Crippen LogP contribution in [0.1, 0.15) is 24.0 Å². The number of rotatable bonds is 7. The number of para-hydroxylation sites is 1. The van der Waals surface area contributed by atoms with Crippen LogP contribution in [0.2, 0.25) is 0 Å². The molecule has 0 aliphatic heterocycles. The van der Waals surface area contributed by atoms with Crippen molar-refractivity contribution in [3.63, 3.8) is 0 Å². The van der Waals surface area contributed by atoms with Gasteiger partial charge in [0.1, 0.15) is 17.0 Å². The average Bonchev–Trinajstić information content (AvgIpc) is 2.62. The van der Waals surface area contributed by atoms with E-state index in [1.54, 1.807) is 6.20 Å². The zero-order chi connectivity index (χ0) is 17.6. The molecule has 1 aromatic heterocycles. The van der Waals surface area contributed by atoms with E-state index < -0.39 is 0 Å². The van der Waals surface area contributed by atoms with Crippen molar-refractivity contribution in [3.05, 3.63) is 64.3 Å². The lowest BCUT2D eigenvalue weighted by molar-refractivity contribution is 0.267. The largest absolute Gasteiger partial charge is 0.492 e. The normalized spacial score (nSPS) is 10.8. The Morgan fingerprint density at radius 2 is 1.56 bits per heavy atom. The topological polar surface area (TPSA) is 31.4 Å². The van der Waals surface area contributed by atoms with E-state index in [0.717, 1.165) is 39.7 Å². The molecule has 25 heavy (non-hydrogen) atoms. The summed E-state index contributed by atoms with van der Waals surface area (Å²) in [6.07, 6.45) is 3.67. The molecule has 0 saturated heterocycles. The third-order valence-corrected chi connectivity index (χ3v) is 4.82. The Bertz CT molecular complexity index is 858. The van der Waals surface area contributed by atoms with Crippen LogP contribution in [0.5, 0.6) is 11.5 Å². The van der Waals surface area contributed by atoms with Crippen LogP contribution in [0, 0.1) is 13.8 Å². The Kier molecular flexibility index (Phi) is 5.92. The summed E-state index contributed by atoms with van der Waals surface area (Å²) in [5.41, 5.74) is 3.42. The van der Waals surface area contributed by atoms with Gasteiger partial charge in [-0.2, -0.15) is 0 Å². The van der Waals surface area contributed by atoms with Gasteiger partial charge in [0, 0.05) is 11.6 Å². The van der Waals surface area contributed by atoms with Gasteiger partial charge in [-0.1, -0.05) is 18.2 Å². The van der Waals surface area contributed by atoms with Crippen molar-refractivity contribution in [1.82, 2.24) is 4.98 Å². The Morgan fingerprint density at radius 1 is 0.880 bits per heavy atom. The molecule has 130 valence electrons. The predicted octanol–water partition coefficient (Wildman–Crippen LogP) is 5.85. The van der Waals surface area contributed by atoms with Gasteiger partial charge in [-0.15, -0.1) is 0 Å². The van der Waals surface area contributed by atoms with E-state index in [2.05, 4.69) is 46.9 Å². The van der Waals surface area contributed by atoms with Gasteiger partial charge in [-0.05, 0) is 78.0 Å². The molecule has 0 aliphatic rings. The fourth-order valence-electron chi connectivity index (χ4n) is 2.63. The van der Waals surface area contributed by atoms with Crippen LogP contribution in [-0.4, -0.2) is 18.2 Å². The lowest BCUT2D eigenvalue weighted by atomic mass is 10.1. The Hall–Kier alpha value is -2.07. The molecular formula is C21H22BrNO2. The zero-order valence-corrected chi connectivity index (χ0v) is 16.2. The molecule has 0 radical (unpaired) electrons. The van der Waals surface area contributed by atoms with Crippen molar-refractivity contribution in [3.8, 4) is 11.5 Å². The number of hydrogen-bond acceptors (Lipinski definition) is 3. The molecule has 0 saturated carbocycles. The molecule has 0 spiro atoms. The maximum absolute atomic E-state index is 5.90. The third-order valence-electron chi connectivity index (χ3n) is 4.20. The fraction of sp³-hybridized carbons (Fsp3) is 0.286. The molecule has 4 heteroatoms. The summed E-state index contributed by atoms with van der Waals surface area (Å²) in [6, 6.07) is 14.2. The highest BCUT2D eigenvalue weighted by Crippen LogP contribution is 2.28. The van der Waals surface area contributed by atoms with E-state index in [0.29, 0.717) is 13.2 Å². The monoisotopic (exact) mass is 399 g/mol. The Labute approximate surface area is 157 Å². The third kappa shape index (κ3) is 4.51. The molecule has 0 atom stereocenters. The Balaban J connectivity index is 1.45. The first-order chi connectivity index (χ1) is 12.1. The van der Waals surface area contributed by atoms with E-state index >= 15 is 0 Å². The van der Waals surface area contributed by atoms with Crippen molar-refractivity contribution in [2.75, 3.05) is 13.2 Å². The van der Waals surface area contributed by atoms with E-state index in [1.165, 1.54) is 11.1 Å². The Morgan fingerprint density at radius 3 is 2.36 bits per heavy atom. The number of fused-ring (bicyclic) bond motifs is 1. The molecule has 0 bridgehead atoms. The second-order valence-electron chi connectivity index (χ2n) is 6.10. The highest BCUT2D eigenvalue weighted by molar-refractivity contribution is 9.10. The molecule has 2 aromatic carbocycles. The maximum Gasteiger partial charge on any atom is 0.145 e. The summed E-state index contributed by atoms with van der Waals surface area (Å²) >= 11 is 3.56.